The second-order valence-electron chi connectivity index (χ2n) is 8.46. The molecule has 7 nitrogen and oxygen atoms in total. The number of carbonyl (C=O) groups excluding carboxylic acids is 1. The van der Waals surface area contributed by atoms with Gasteiger partial charge in [-0.15, -0.1) is 0 Å². The predicted molar refractivity (Wildman–Crippen MR) is 131 cm³/mol. The largest absolute Gasteiger partial charge is 0.497 e. The molecule has 1 aliphatic rings. The Balaban J connectivity index is 1.66. The minimum absolute atomic E-state index is 0.0240. The first-order valence-electron chi connectivity index (χ1n) is 11.5. The molecule has 2 aromatic rings. The van der Waals surface area contributed by atoms with Crippen LogP contribution in [-0.4, -0.2) is 75.7 Å². The first-order valence-corrected chi connectivity index (χ1v) is 13.1. The summed E-state index contributed by atoms with van der Waals surface area (Å²) in [5.74, 6) is 0.812. The molecular formula is C25H35N3O4S. The van der Waals surface area contributed by atoms with Gasteiger partial charge >= 0.3 is 0 Å². The maximum Gasteiger partial charge on any atom is 0.222 e. The highest BCUT2D eigenvalue weighted by atomic mass is 32.2. The molecule has 1 saturated heterocycles. The Morgan fingerprint density at radius 3 is 2.39 bits per heavy atom. The molecule has 1 fully saturated rings. The monoisotopic (exact) mass is 473 g/mol. The van der Waals surface area contributed by atoms with Crippen LogP contribution in [0.25, 0.3) is 0 Å². The van der Waals surface area contributed by atoms with E-state index in [-0.39, 0.29) is 24.1 Å². The SMILES string of the molecule is COc1ccc(CCC(=O)N(CCS(=O)(=O)N2CCNCC2)C[C@H](C)c2ccccc2)cc1. The lowest BCUT2D eigenvalue weighted by molar-refractivity contribution is -0.131. The Labute approximate surface area is 197 Å². The maximum atomic E-state index is 13.2. The highest BCUT2D eigenvalue weighted by Gasteiger charge is 2.26. The van der Waals surface area contributed by atoms with Gasteiger partial charge in [0.25, 0.3) is 0 Å². The van der Waals surface area contributed by atoms with Crippen LogP contribution in [0.5, 0.6) is 5.75 Å². The van der Waals surface area contributed by atoms with E-state index in [0.717, 1.165) is 16.9 Å². The number of ether oxygens (including phenoxy) is 1. The molecular weight excluding hydrogens is 438 g/mol. The molecule has 0 saturated carbocycles. The van der Waals surface area contributed by atoms with Gasteiger partial charge in [-0.05, 0) is 35.6 Å². The molecule has 1 atom stereocenters. The summed E-state index contributed by atoms with van der Waals surface area (Å²) >= 11 is 0. The number of piperazine rings is 1. The lowest BCUT2D eigenvalue weighted by Crippen LogP contribution is -2.48. The van der Waals surface area contributed by atoms with Crippen LogP contribution in [0.3, 0.4) is 0 Å². The Morgan fingerprint density at radius 1 is 1.09 bits per heavy atom. The zero-order valence-corrected chi connectivity index (χ0v) is 20.4. The molecule has 0 unspecified atom stereocenters. The van der Waals surface area contributed by atoms with Gasteiger partial charge in [0.2, 0.25) is 15.9 Å². The maximum absolute atomic E-state index is 13.2. The third-order valence-electron chi connectivity index (χ3n) is 6.09. The van der Waals surface area contributed by atoms with Gasteiger partial charge in [0.05, 0.1) is 12.9 Å². The van der Waals surface area contributed by atoms with Crippen molar-refractivity contribution in [3.8, 4) is 5.75 Å². The summed E-state index contributed by atoms with van der Waals surface area (Å²) in [6.07, 6.45) is 0.936. The molecule has 8 heteroatoms. The van der Waals surface area contributed by atoms with Crippen molar-refractivity contribution in [2.75, 3.05) is 52.1 Å². The summed E-state index contributed by atoms with van der Waals surface area (Å²) in [5.41, 5.74) is 2.18. The quantitative estimate of drug-likeness (QED) is 0.543. The lowest BCUT2D eigenvalue weighted by Gasteiger charge is -2.30. The first-order chi connectivity index (χ1) is 15.9. The zero-order chi connectivity index (χ0) is 23.7. The van der Waals surface area contributed by atoms with Crippen molar-refractivity contribution in [2.45, 2.75) is 25.7 Å². The molecule has 33 heavy (non-hydrogen) atoms. The highest BCUT2D eigenvalue weighted by Crippen LogP contribution is 2.18. The number of rotatable bonds is 11. The van der Waals surface area contributed by atoms with E-state index in [4.69, 9.17) is 4.74 Å². The van der Waals surface area contributed by atoms with Crippen molar-refractivity contribution < 1.29 is 17.9 Å². The van der Waals surface area contributed by atoms with E-state index >= 15 is 0 Å². The molecule has 1 N–H and O–H groups in total. The summed E-state index contributed by atoms with van der Waals surface area (Å²) < 4.78 is 32.4. The number of hydrogen-bond acceptors (Lipinski definition) is 5. The van der Waals surface area contributed by atoms with Crippen LogP contribution in [-0.2, 0) is 21.2 Å². The van der Waals surface area contributed by atoms with E-state index in [1.54, 1.807) is 12.0 Å². The number of nitrogens with one attached hydrogen (secondary N) is 1. The fraction of sp³-hybridized carbons (Fsp3) is 0.480. The lowest BCUT2D eigenvalue weighted by atomic mass is 10.0. The predicted octanol–water partition coefficient (Wildman–Crippen LogP) is 2.50. The Bertz CT molecular complexity index is 974. The second kappa shape index (κ2) is 12.2. The molecule has 1 heterocycles. The molecule has 1 aliphatic heterocycles. The smallest absolute Gasteiger partial charge is 0.222 e. The van der Waals surface area contributed by atoms with Gasteiger partial charge in [0, 0.05) is 45.7 Å². The van der Waals surface area contributed by atoms with Crippen LogP contribution in [0.1, 0.15) is 30.4 Å². The number of sulfonamides is 1. The van der Waals surface area contributed by atoms with E-state index in [1.165, 1.54) is 4.31 Å². The van der Waals surface area contributed by atoms with Crippen LogP contribution in [0, 0.1) is 0 Å². The van der Waals surface area contributed by atoms with Crippen LogP contribution < -0.4 is 10.1 Å². The van der Waals surface area contributed by atoms with Gasteiger partial charge in [-0.3, -0.25) is 4.79 Å². The molecule has 1 amide bonds. The third-order valence-corrected chi connectivity index (χ3v) is 7.94. The number of amides is 1. The number of aryl methyl sites for hydroxylation is 1. The van der Waals surface area contributed by atoms with Crippen LogP contribution in [0.15, 0.2) is 54.6 Å². The molecule has 0 aliphatic carbocycles. The van der Waals surface area contributed by atoms with E-state index in [0.29, 0.717) is 45.6 Å². The third kappa shape index (κ3) is 7.55. The van der Waals surface area contributed by atoms with E-state index in [1.807, 2.05) is 54.6 Å². The summed E-state index contributed by atoms with van der Waals surface area (Å²) in [6.45, 7) is 5.04. The van der Waals surface area contributed by atoms with Gasteiger partial charge in [0.1, 0.15) is 5.75 Å². The van der Waals surface area contributed by atoms with Crippen molar-refractivity contribution >= 4 is 15.9 Å². The van der Waals surface area contributed by atoms with Crippen molar-refractivity contribution in [2.24, 2.45) is 0 Å². The molecule has 0 aromatic heterocycles. The summed E-state index contributed by atoms with van der Waals surface area (Å²) in [7, 11) is -1.78. The van der Waals surface area contributed by atoms with E-state index < -0.39 is 10.0 Å². The Hall–Kier alpha value is -2.42. The van der Waals surface area contributed by atoms with E-state index in [2.05, 4.69) is 12.2 Å². The van der Waals surface area contributed by atoms with Crippen molar-refractivity contribution in [3.63, 3.8) is 0 Å². The summed E-state index contributed by atoms with van der Waals surface area (Å²) in [6, 6.07) is 17.7. The van der Waals surface area contributed by atoms with Gasteiger partial charge in [-0.2, -0.15) is 4.31 Å². The Kier molecular flexibility index (Phi) is 9.29. The molecule has 180 valence electrons. The van der Waals surface area contributed by atoms with Crippen molar-refractivity contribution in [1.29, 1.82) is 0 Å². The van der Waals surface area contributed by atoms with Gasteiger partial charge < -0.3 is 15.0 Å². The zero-order valence-electron chi connectivity index (χ0n) is 19.6. The number of methoxy groups -OCH3 is 1. The van der Waals surface area contributed by atoms with Crippen molar-refractivity contribution in [3.05, 3.63) is 65.7 Å². The molecule has 0 spiro atoms. The van der Waals surface area contributed by atoms with Gasteiger partial charge in [-0.25, -0.2) is 8.42 Å². The molecule has 3 rings (SSSR count). The Morgan fingerprint density at radius 2 is 1.76 bits per heavy atom. The fourth-order valence-electron chi connectivity index (χ4n) is 4.01. The molecule has 2 aromatic carbocycles. The minimum Gasteiger partial charge on any atom is -0.497 e. The first kappa shape index (κ1) is 25.2. The van der Waals surface area contributed by atoms with Crippen molar-refractivity contribution in [1.82, 2.24) is 14.5 Å². The number of carbonyl (C=O) groups is 1. The average Bonchev–Trinajstić information content (AvgIpc) is 2.86. The molecule has 0 radical (unpaired) electrons. The minimum atomic E-state index is -3.40. The van der Waals surface area contributed by atoms with Gasteiger partial charge in [-0.1, -0.05) is 49.4 Å². The van der Waals surface area contributed by atoms with Gasteiger partial charge in [0.15, 0.2) is 0 Å². The summed E-state index contributed by atoms with van der Waals surface area (Å²) in [5, 5.41) is 3.18. The second-order valence-corrected chi connectivity index (χ2v) is 10.6. The molecule has 0 bridgehead atoms. The standard InChI is InChI=1S/C25H35N3O4S/c1-21(23-6-4-3-5-7-23)20-27(18-19-33(30,31)28-16-14-26-15-17-28)25(29)13-10-22-8-11-24(32-2)12-9-22/h3-9,11-12,21,26H,10,13-20H2,1-2H3/t21-/m0/s1. The normalized spacial score (nSPS) is 15.7. The van der Waals surface area contributed by atoms with Crippen LogP contribution >= 0.6 is 0 Å². The highest BCUT2D eigenvalue weighted by molar-refractivity contribution is 7.89. The summed E-state index contributed by atoms with van der Waals surface area (Å²) in [4.78, 5) is 14.9. The number of benzene rings is 2. The van der Waals surface area contributed by atoms with Crippen LogP contribution in [0.4, 0.5) is 0 Å². The fourth-order valence-corrected chi connectivity index (χ4v) is 5.46. The number of nitrogens with zero attached hydrogens (tertiary/aromatic N) is 2. The number of hydrogen-bond donors (Lipinski definition) is 1. The van der Waals surface area contributed by atoms with Crippen LogP contribution in [0.2, 0.25) is 0 Å². The van der Waals surface area contributed by atoms with E-state index in [9.17, 15) is 13.2 Å². The topological polar surface area (TPSA) is 79.0 Å². The average molecular weight is 474 g/mol.